The number of nitrogens with zero attached hydrogens (tertiary/aromatic N) is 2. The Kier molecular flexibility index (Phi) is 8.79. The zero-order valence-corrected chi connectivity index (χ0v) is 24.6. The number of aryl methyl sites for hydroxylation is 1. The van der Waals surface area contributed by atoms with E-state index in [9.17, 15) is 9.18 Å². The van der Waals surface area contributed by atoms with Crippen molar-refractivity contribution in [1.29, 1.82) is 0 Å². The van der Waals surface area contributed by atoms with Crippen molar-refractivity contribution in [3.05, 3.63) is 135 Å². The second-order valence-electron chi connectivity index (χ2n) is 9.22. The van der Waals surface area contributed by atoms with Gasteiger partial charge in [-0.2, -0.15) is 5.10 Å². The number of carbonyl (C=O) groups excluding carboxylic acids is 1. The van der Waals surface area contributed by atoms with Gasteiger partial charge >= 0.3 is 0 Å². The summed E-state index contributed by atoms with van der Waals surface area (Å²) in [5.74, 6) is 0.331. The van der Waals surface area contributed by atoms with Crippen LogP contribution in [0.2, 0.25) is 0 Å². The van der Waals surface area contributed by atoms with Crippen molar-refractivity contribution in [3.63, 3.8) is 0 Å². The van der Waals surface area contributed by atoms with E-state index in [1.807, 2.05) is 36.4 Å². The molecule has 1 amide bonds. The lowest BCUT2D eigenvalue weighted by molar-refractivity contribution is 0.0955. The smallest absolute Gasteiger partial charge is 0.271 e. The van der Waals surface area contributed by atoms with E-state index in [1.54, 1.807) is 36.4 Å². The van der Waals surface area contributed by atoms with Crippen molar-refractivity contribution in [2.45, 2.75) is 13.5 Å². The van der Waals surface area contributed by atoms with Crippen LogP contribution in [0.1, 0.15) is 27.2 Å². The van der Waals surface area contributed by atoms with E-state index in [4.69, 9.17) is 9.47 Å². The zero-order chi connectivity index (χ0) is 28.8. The highest BCUT2D eigenvalue weighted by Gasteiger charge is 2.14. The fraction of sp³-hybridized carbons (Fsp3) is 0.0909. The number of halogens is 2. The Morgan fingerprint density at radius 3 is 2.44 bits per heavy atom. The van der Waals surface area contributed by atoms with Gasteiger partial charge in [-0.1, -0.05) is 48.5 Å². The average Bonchev–Trinajstić information content (AvgIpc) is 3.38. The van der Waals surface area contributed by atoms with Crippen molar-refractivity contribution >= 4 is 34.7 Å². The van der Waals surface area contributed by atoms with Gasteiger partial charge in [0.05, 0.1) is 22.6 Å². The summed E-state index contributed by atoms with van der Waals surface area (Å²) >= 11 is 2.13. The van der Waals surface area contributed by atoms with Crippen molar-refractivity contribution in [3.8, 4) is 28.4 Å². The molecule has 0 unspecified atom stereocenters. The van der Waals surface area contributed by atoms with Crippen molar-refractivity contribution in [1.82, 2.24) is 9.99 Å². The summed E-state index contributed by atoms with van der Waals surface area (Å²) in [6.45, 7) is 2.12. The Morgan fingerprint density at radius 2 is 1.71 bits per heavy atom. The van der Waals surface area contributed by atoms with Gasteiger partial charge in [-0.3, -0.25) is 4.79 Å². The Balaban J connectivity index is 1.25. The van der Waals surface area contributed by atoms with Gasteiger partial charge in [-0.05, 0) is 95.2 Å². The highest BCUT2D eigenvalue weighted by Crippen LogP contribution is 2.34. The third kappa shape index (κ3) is 6.49. The summed E-state index contributed by atoms with van der Waals surface area (Å²) in [6, 6.07) is 31.8. The van der Waals surface area contributed by atoms with Crippen LogP contribution in [0.5, 0.6) is 11.5 Å². The minimum Gasteiger partial charge on any atom is -0.493 e. The zero-order valence-electron chi connectivity index (χ0n) is 22.5. The number of carbonyl (C=O) groups is 1. The van der Waals surface area contributed by atoms with Crippen LogP contribution in [0, 0.1) is 16.3 Å². The van der Waals surface area contributed by atoms with Crippen molar-refractivity contribution in [2.75, 3.05) is 7.11 Å². The molecule has 1 aromatic heterocycles. The minimum atomic E-state index is -0.327. The number of methoxy groups -OCH3 is 1. The first-order valence-electron chi connectivity index (χ1n) is 12.9. The van der Waals surface area contributed by atoms with E-state index in [0.29, 0.717) is 28.2 Å². The monoisotopic (exact) mass is 659 g/mol. The first-order valence-corrected chi connectivity index (χ1v) is 13.9. The van der Waals surface area contributed by atoms with Crippen molar-refractivity contribution < 1.29 is 18.7 Å². The first-order chi connectivity index (χ1) is 19.9. The summed E-state index contributed by atoms with van der Waals surface area (Å²) in [5.41, 5.74) is 8.49. The summed E-state index contributed by atoms with van der Waals surface area (Å²) in [5, 5.41) is 4.13. The normalized spacial score (nSPS) is 11.0. The molecule has 0 atom stereocenters. The summed E-state index contributed by atoms with van der Waals surface area (Å²) < 4.78 is 28.3. The molecule has 1 heterocycles. The maximum atomic E-state index is 14.0. The lowest BCUT2D eigenvalue weighted by Gasteiger charge is -2.14. The summed E-state index contributed by atoms with van der Waals surface area (Å²) in [4.78, 5) is 12.8. The molecule has 0 saturated heterocycles. The number of hydrogen-bond acceptors (Lipinski definition) is 4. The number of hydrazone groups is 1. The number of rotatable bonds is 9. The van der Waals surface area contributed by atoms with Crippen LogP contribution in [0.3, 0.4) is 0 Å². The van der Waals surface area contributed by atoms with Gasteiger partial charge in [0.15, 0.2) is 11.5 Å². The van der Waals surface area contributed by atoms with Gasteiger partial charge in [0.2, 0.25) is 0 Å². The number of nitrogens with one attached hydrogen (secondary N) is 1. The van der Waals surface area contributed by atoms with E-state index >= 15 is 0 Å². The topological polar surface area (TPSA) is 64.8 Å². The standard InChI is InChI=1S/C33H27FIN3O3/c1-22-12-17-30(24-8-4-3-5-9-24)38(22)27-15-13-25(14-16-27)33(39)37-36-20-23-18-29(35)32(31(19-23)40-2)41-21-26-10-6-7-11-28(26)34/h3-20H,21H2,1-2H3,(H,37,39)/b36-20+. The Hall–Kier alpha value is -4.44. The molecule has 41 heavy (non-hydrogen) atoms. The molecule has 0 saturated carbocycles. The molecule has 1 N–H and O–H groups in total. The fourth-order valence-electron chi connectivity index (χ4n) is 4.43. The molecule has 6 nitrogen and oxygen atoms in total. The average molecular weight is 659 g/mol. The Morgan fingerprint density at radius 1 is 0.976 bits per heavy atom. The quantitative estimate of drug-likeness (QED) is 0.101. The highest BCUT2D eigenvalue weighted by atomic mass is 127. The molecule has 0 aliphatic rings. The SMILES string of the molecule is COc1cc(/C=N/NC(=O)c2ccc(-n3c(C)ccc3-c3ccccc3)cc2)cc(I)c1OCc1ccccc1F. The van der Waals surface area contributed by atoms with E-state index < -0.39 is 0 Å². The van der Waals surface area contributed by atoms with Crippen molar-refractivity contribution in [2.24, 2.45) is 5.10 Å². The number of amides is 1. The molecule has 0 fully saturated rings. The van der Waals surface area contributed by atoms with Gasteiger partial charge < -0.3 is 14.0 Å². The maximum absolute atomic E-state index is 14.0. The number of aromatic nitrogens is 1. The van der Waals surface area contributed by atoms with Gasteiger partial charge in [0, 0.05) is 22.5 Å². The Labute approximate surface area is 251 Å². The van der Waals surface area contributed by atoms with Gasteiger partial charge in [0.25, 0.3) is 5.91 Å². The molecular weight excluding hydrogens is 632 g/mol. The van der Waals surface area contributed by atoms with Crippen LogP contribution in [0.4, 0.5) is 4.39 Å². The molecule has 4 aromatic carbocycles. The Bertz CT molecular complexity index is 1700. The van der Waals surface area contributed by atoms with Crippen LogP contribution in [-0.2, 0) is 6.61 Å². The largest absolute Gasteiger partial charge is 0.493 e. The van der Waals surface area contributed by atoms with E-state index in [2.05, 4.69) is 68.9 Å². The third-order valence-electron chi connectivity index (χ3n) is 6.49. The predicted octanol–water partition coefficient (Wildman–Crippen LogP) is 7.55. The highest BCUT2D eigenvalue weighted by molar-refractivity contribution is 14.1. The number of hydrogen-bond donors (Lipinski definition) is 1. The van der Waals surface area contributed by atoms with Crippen LogP contribution in [0.25, 0.3) is 16.9 Å². The van der Waals surface area contributed by atoms with Crippen LogP contribution in [0.15, 0.2) is 108 Å². The molecule has 0 aliphatic carbocycles. The number of ether oxygens (including phenoxy) is 2. The molecule has 0 bridgehead atoms. The van der Waals surface area contributed by atoms with Gasteiger partial charge in [-0.25, -0.2) is 9.82 Å². The van der Waals surface area contributed by atoms with E-state index in [-0.39, 0.29) is 18.3 Å². The molecule has 0 radical (unpaired) electrons. The minimum absolute atomic E-state index is 0.0682. The van der Waals surface area contributed by atoms with Crippen LogP contribution >= 0.6 is 22.6 Å². The maximum Gasteiger partial charge on any atom is 0.271 e. The number of benzene rings is 4. The molecule has 5 rings (SSSR count). The molecule has 8 heteroatoms. The summed E-state index contributed by atoms with van der Waals surface area (Å²) in [6.07, 6.45) is 1.53. The van der Waals surface area contributed by atoms with Crippen LogP contribution < -0.4 is 14.9 Å². The second-order valence-corrected chi connectivity index (χ2v) is 10.4. The molecule has 0 aliphatic heterocycles. The predicted molar refractivity (Wildman–Crippen MR) is 167 cm³/mol. The molecular formula is C33H27FIN3O3. The third-order valence-corrected chi connectivity index (χ3v) is 7.30. The fourth-order valence-corrected chi connectivity index (χ4v) is 5.21. The van der Waals surface area contributed by atoms with Gasteiger partial charge in [0.1, 0.15) is 12.4 Å². The lowest BCUT2D eigenvalue weighted by atomic mass is 10.1. The molecule has 206 valence electrons. The molecule has 0 spiro atoms. The van der Waals surface area contributed by atoms with Gasteiger partial charge in [-0.15, -0.1) is 0 Å². The second kappa shape index (κ2) is 12.8. The lowest BCUT2D eigenvalue weighted by Crippen LogP contribution is -2.17. The summed E-state index contributed by atoms with van der Waals surface area (Å²) in [7, 11) is 1.53. The van der Waals surface area contributed by atoms with Crippen LogP contribution in [-0.4, -0.2) is 23.8 Å². The molecule has 5 aromatic rings. The van der Waals surface area contributed by atoms with E-state index in [0.717, 1.165) is 26.2 Å². The van der Waals surface area contributed by atoms with E-state index in [1.165, 1.54) is 19.4 Å². The first kappa shape index (κ1) is 28.1.